The fourth-order valence-electron chi connectivity index (χ4n) is 2.09. The first-order valence-corrected chi connectivity index (χ1v) is 8.42. The maximum absolute atomic E-state index is 11.9. The molecule has 0 heterocycles. The van der Waals surface area contributed by atoms with Crippen molar-refractivity contribution in [2.45, 2.75) is 13.0 Å². The number of hydrogen-bond acceptors (Lipinski definition) is 6. The molecule has 0 atom stereocenters. The molecule has 6 heteroatoms. The number of carbonyl (C=O) groups excluding carboxylic acids is 1. The second kappa shape index (κ2) is 10.1. The highest BCUT2D eigenvalue weighted by Gasteiger charge is 2.17. The molecule has 0 bridgehead atoms. The molecule has 0 unspecified atom stereocenters. The Hall–Kier alpha value is -3.15. The van der Waals surface area contributed by atoms with Crippen molar-refractivity contribution in [1.29, 1.82) is 0 Å². The number of methoxy groups -OCH3 is 2. The topological polar surface area (TPSA) is 63.2 Å². The van der Waals surface area contributed by atoms with Gasteiger partial charge in [0.1, 0.15) is 36.2 Å². The highest BCUT2D eigenvalue weighted by Crippen LogP contribution is 2.19. The average molecular weight is 372 g/mol. The number of esters is 1. The predicted molar refractivity (Wildman–Crippen MR) is 102 cm³/mol. The molecule has 6 nitrogen and oxygen atoms in total. The van der Waals surface area contributed by atoms with Crippen molar-refractivity contribution in [3.8, 4) is 23.0 Å². The molecule has 2 aromatic rings. The Morgan fingerprint density at radius 2 is 1.19 bits per heavy atom. The van der Waals surface area contributed by atoms with E-state index in [0.717, 1.165) is 11.5 Å². The van der Waals surface area contributed by atoms with E-state index >= 15 is 0 Å². The average Bonchev–Trinajstić information content (AvgIpc) is 2.70. The highest BCUT2D eigenvalue weighted by atomic mass is 16.6. The van der Waals surface area contributed by atoms with Gasteiger partial charge >= 0.3 is 5.97 Å². The minimum atomic E-state index is -0.599. The second-order valence-electron chi connectivity index (χ2n) is 5.78. The molecular formula is C21H24O6. The number of carbonyl (C=O) groups is 1. The highest BCUT2D eigenvalue weighted by molar-refractivity contribution is 5.87. The van der Waals surface area contributed by atoms with Crippen LogP contribution >= 0.6 is 0 Å². The molecule has 0 fully saturated rings. The summed E-state index contributed by atoms with van der Waals surface area (Å²) in [6, 6.07) is 14.3. The van der Waals surface area contributed by atoms with Crippen LogP contribution in [-0.2, 0) is 9.53 Å². The molecule has 2 rings (SSSR count). The lowest BCUT2D eigenvalue weighted by Gasteiger charge is -2.19. The first-order chi connectivity index (χ1) is 13.0. The van der Waals surface area contributed by atoms with Crippen LogP contribution in [0.25, 0.3) is 0 Å². The van der Waals surface area contributed by atoms with Crippen LogP contribution in [0.15, 0.2) is 60.7 Å². The first kappa shape index (κ1) is 20.2. The normalized spacial score (nSPS) is 10.2. The third kappa shape index (κ3) is 6.58. The standard InChI is InChI=1S/C21H24O6/c1-15(2)21(22)27-20(13-25-18-9-5-16(23-3)6-10-18)14-26-19-11-7-17(24-4)8-12-19/h5-12,20H,1,13-14H2,2-4H3. The van der Waals surface area contributed by atoms with Gasteiger partial charge in [0.25, 0.3) is 0 Å². The summed E-state index contributed by atoms with van der Waals surface area (Å²) >= 11 is 0. The van der Waals surface area contributed by atoms with Gasteiger partial charge in [-0.25, -0.2) is 4.79 Å². The summed E-state index contributed by atoms with van der Waals surface area (Å²) in [5, 5.41) is 0. The molecule has 0 saturated carbocycles. The summed E-state index contributed by atoms with van der Waals surface area (Å²) in [5.74, 6) is 2.25. The van der Waals surface area contributed by atoms with Crippen LogP contribution in [0.2, 0.25) is 0 Å². The number of ether oxygens (including phenoxy) is 5. The van der Waals surface area contributed by atoms with Gasteiger partial charge in [0.05, 0.1) is 14.2 Å². The van der Waals surface area contributed by atoms with E-state index in [4.69, 9.17) is 23.7 Å². The van der Waals surface area contributed by atoms with Gasteiger partial charge in [0.2, 0.25) is 0 Å². The lowest BCUT2D eigenvalue weighted by molar-refractivity contribution is -0.147. The summed E-state index contributed by atoms with van der Waals surface area (Å²) in [7, 11) is 3.19. The van der Waals surface area contributed by atoms with E-state index in [1.54, 1.807) is 69.7 Å². The Morgan fingerprint density at radius 1 is 0.815 bits per heavy atom. The first-order valence-electron chi connectivity index (χ1n) is 8.42. The molecule has 0 aliphatic heterocycles. The monoisotopic (exact) mass is 372 g/mol. The Bertz CT molecular complexity index is 685. The van der Waals surface area contributed by atoms with Crippen LogP contribution in [0.3, 0.4) is 0 Å². The van der Waals surface area contributed by atoms with E-state index in [2.05, 4.69) is 6.58 Å². The predicted octanol–water partition coefficient (Wildman–Crippen LogP) is 3.65. The van der Waals surface area contributed by atoms with Gasteiger partial charge in [-0.15, -0.1) is 0 Å². The third-order valence-corrected chi connectivity index (χ3v) is 3.61. The van der Waals surface area contributed by atoms with Crippen molar-refractivity contribution in [3.63, 3.8) is 0 Å². The molecule has 144 valence electrons. The van der Waals surface area contributed by atoms with Crippen molar-refractivity contribution in [1.82, 2.24) is 0 Å². The van der Waals surface area contributed by atoms with Gasteiger partial charge in [-0.3, -0.25) is 0 Å². The Kier molecular flexibility index (Phi) is 7.55. The number of rotatable bonds is 10. The SMILES string of the molecule is C=C(C)C(=O)OC(COc1ccc(OC)cc1)COc1ccc(OC)cc1. The molecule has 0 aromatic heterocycles. The fraction of sp³-hybridized carbons (Fsp3) is 0.286. The van der Waals surface area contributed by atoms with Crippen molar-refractivity contribution < 1.29 is 28.5 Å². The van der Waals surface area contributed by atoms with Crippen LogP contribution in [-0.4, -0.2) is 39.5 Å². The zero-order valence-corrected chi connectivity index (χ0v) is 15.8. The summed E-state index contributed by atoms with van der Waals surface area (Å²) in [6.07, 6.45) is -0.599. The molecule has 27 heavy (non-hydrogen) atoms. The van der Waals surface area contributed by atoms with Crippen LogP contribution in [0.1, 0.15) is 6.92 Å². The van der Waals surface area contributed by atoms with Gasteiger partial charge in [-0.2, -0.15) is 0 Å². The molecule has 2 aromatic carbocycles. The quantitative estimate of drug-likeness (QED) is 0.469. The molecule has 0 aliphatic rings. The maximum Gasteiger partial charge on any atom is 0.333 e. The Labute approximate surface area is 159 Å². The van der Waals surface area contributed by atoms with Gasteiger partial charge in [-0.1, -0.05) is 6.58 Å². The van der Waals surface area contributed by atoms with Crippen LogP contribution in [0.4, 0.5) is 0 Å². The third-order valence-electron chi connectivity index (χ3n) is 3.61. The van der Waals surface area contributed by atoms with Crippen molar-refractivity contribution >= 4 is 5.97 Å². The zero-order valence-electron chi connectivity index (χ0n) is 15.8. The van der Waals surface area contributed by atoms with Crippen LogP contribution in [0, 0.1) is 0 Å². The van der Waals surface area contributed by atoms with Crippen molar-refractivity contribution in [2.24, 2.45) is 0 Å². The summed E-state index contributed by atoms with van der Waals surface area (Å²) in [5.41, 5.74) is 0.314. The molecule has 0 aliphatic carbocycles. The van der Waals surface area contributed by atoms with E-state index in [9.17, 15) is 4.79 Å². The zero-order chi connectivity index (χ0) is 19.6. The van der Waals surface area contributed by atoms with E-state index in [-0.39, 0.29) is 13.2 Å². The largest absolute Gasteiger partial charge is 0.497 e. The summed E-state index contributed by atoms with van der Waals surface area (Å²) in [4.78, 5) is 11.9. The van der Waals surface area contributed by atoms with Crippen LogP contribution < -0.4 is 18.9 Å². The van der Waals surface area contributed by atoms with Gasteiger partial charge < -0.3 is 23.7 Å². The lowest BCUT2D eigenvalue weighted by Crippen LogP contribution is -2.31. The molecule has 0 saturated heterocycles. The Morgan fingerprint density at radius 3 is 1.52 bits per heavy atom. The Balaban J connectivity index is 1.96. The number of benzene rings is 2. The van der Waals surface area contributed by atoms with E-state index < -0.39 is 12.1 Å². The molecule has 0 spiro atoms. The molecule has 0 N–H and O–H groups in total. The minimum Gasteiger partial charge on any atom is -0.497 e. The van der Waals surface area contributed by atoms with E-state index in [0.29, 0.717) is 17.1 Å². The van der Waals surface area contributed by atoms with Gasteiger partial charge in [0, 0.05) is 5.57 Å². The lowest BCUT2D eigenvalue weighted by atomic mass is 10.3. The van der Waals surface area contributed by atoms with Crippen LogP contribution in [0.5, 0.6) is 23.0 Å². The van der Waals surface area contributed by atoms with E-state index in [1.165, 1.54) is 0 Å². The van der Waals surface area contributed by atoms with Crippen molar-refractivity contribution in [3.05, 3.63) is 60.7 Å². The number of hydrogen-bond donors (Lipinski definition) is 0. The maximum atomic E-state index is 11.9. The molecule has 0 radical (unpaired) electrons. The van der Waals surface area contributed by atoms with E-state index in [1.807, 2.05) is 0 Å². The molecular weight excluding hydrogens is 348 g/mol. The second-order valence-corrected chi connectivity index (χ2v) is 5.78. The minimum absolute atomic E-state index is 0.140. The smallest absolute Gasteiger partial charge is 0.333 e. The van der Waals surface area contributed by atoms with Crippen molar-refractivity contribution in [2.75, 3.05) is 27.4 Å². The summed E-state index contributed by atoms with van der Waals surface area (Å²) < 4.78 is 27.1. The molecule has 0 amide bonds. The van der Waals surface area contributed by atoms with Gasteiger partial charge in [-0.05, 0) is 55.5 Å². The fourth-order valence-corrected chi connectivity index (χ4v) is 2.09. The summed E-state index contributed by atoms with van der Waals surface area (Å²) in [6.45, 7) is 5.47. The van der Waals surface area contributed by atoms with Gasteiger partial charge in [0.15, 0.2) is 6.10 Å².